The van der Waals surface area contributed by atoms with E-state index in [0.29, 0.717) is 30.2 Å². The molecule has 0 heterocycles. The molecule has 0 aromatic heterocycles. The molecule has 0 radical (unpaired) electrons. The minimum atomic E-state index is -4.14. The van der Waals surface area contributed by atoms with Crippen molar-refractivity contribution in [2.75, 3.05) is 24.6 Å². The topological polar surface area (TPSA) is 105 Å². The number of hydrogen-bond acceptors (Lipinski definition) is 6. The normalized spacial score (nSPS) is 12.0. The van der Waals surface area contributed by atoms with Gasteiger partial charge in [-0.05, 0) is 81.3 Å². The molecule has 3 aromatic rings. The monoisotopic (exact) mass is 581 g/mol. The summed E-state index contributed by atoms with van der Waals surface area (Å²) in [5, 5.41) is 2.89. The van der Waals surface area contributed by atoms with Gasteiger partial charge < -0.3 is 19.7 Å². The molecule has 1 unspecified atom stereocenters. The smallest absolute Gasteiger partial charge is 0.264 e. The van der Waals surface area contributed by atoms with Crippen molar-refractivity contribution in [3.8, 4) is 11.5 Å². The number of nitrogens with one attached hydrogen (secondary N) is 1. The SMILES string of the molecule is CCOc1ccc(N(CC(=O)N(Cc2cccc(OC)c2)C(CC)C(=O)NC(C)C)S(=O)(=O)c2ccccc2)cc1. The first-order chi connectivity index (χ1) is 19.6. The van der Waals surface area contributed by atoms with Crippen LogP contribution in [-0.2, 0) is 26.2 Å². The van der Waals surface area contributed by atoms with E-state index in [1.54, 1.807) is 67.8 Å². The van der Waals surface area contributed by atoms with Gasteiger partial charge in [0, 0.05) is 12.6 Å². The Morgan fingerprint density at radius 3 is 2.17 bits per heavy atom. The molecule has 0 spiro atoms. The van der Waals surface area contributed by atoms with Crippen molar-refractivity contribution in [3.05, 3.63) is 84.4 Å². The number of benzene rings is 3. The molecular weight excluding hydrogens is 542 g/mol. The lowest BCUT2D eigenvalue weighted by atomic mass is 10.1. The number of amides is 2. The number of methoxy groups -OCH3 is 1. The Bertz CT molecular complexity index is 1390. The Hall–Kier alpha value is -4.05. The molecule has 2 amide bonds. The number of carbonyl (C=O) groups is 2. The molecule has 3 rings (SSSR count). The first kappa shape index (κ1) is 31.5. The summed E-state index contributed by atoms with van der Waals surface area (Å²) in [6.45, 7) is 7.40. The molecule has 0 fully saturated rings. The zero-order valence-corrected chi connectivity index (χ0v) is 25.1. The number of hydrogen-bond donors (Lipinski definition) is 1. The molecule has 0 bridgehead atoms. The predicted octanol–water partition coefficient (Wildman–Crippen LogP) is 4.62. The van der Waals surface area contributed by atoms with E-state index in [1.807, 2.05) is 33.8 Å². The molecule has 9 nitrogen and oxygen atoms in total. The van der Waals surface area contributed by atoms with E-state index in [0.717, 1.165) is 9.87 Å². The van der Waals surface area contributed by atoms with Crippen LogP contribution in [0.5, 0.6) is 11.5 Å². The van der Waals surface area contributed by atoms with Gasteiger partial charge in [0.1, 0.15) is 24.1 Å². The van der Waals surface area contributed by atoms with E-state index in [-0.39, 0.29) is 23.4 Å². The summed E-state index contributed by atoms with van der Waals surface area (Å²) in [6, 6.07) is 20.7. The molecule has 0 aliphatic rings. The van der Waals surface area contributed by atoms with Crippen LogP contribution in [0, 0.1) is 0 Å². The first-order valence-corrected chi connectivity index (χ1v) is 15.1. The second kappa shape index (κ2) is 14.5. The van der Waals surface area contributed by atoms with Gasteiger partial charge in [0.15, 0.2) is 0 Å². The van der Waals surface area contributed by atoms with Crippen LogP contribution in [0.1, 0.15) is 39.7 Å². The Labute approximate surface area is 243 Å². The predicted molar refractivity (Wildman–Crippen MR) is 159 cm³/mol. The third-order valence-electron chi connectivity index (χ3n) is 6.35. The van der Waals surface area contributed by atoms with Gasteiger partial charge in [0.05, 0.1) is 24.3 Å². The Kier molecular flexibility index (Phi) is 11.2. The highest BCUT2D eigenvalue weighted by atomic mass is 32.2. The summed E-state index contributed by atoms with van der Waals surface area (Å²) in [5.41, 5.74) is 1.04. The minimum Gasteiger partial charge on any atom is -0.497 e. The largest absolute Gasteiger partial charge is 0.497 e. The van der Waals surface area contributed by atoms with Gasteiger partial charge in [-0.15, -0.1) is 0 Å². The molecule has 10 heteroatoms. The summed E-state index contributed by atoms with van der Waals surface area (Å²) in [7, 11) is -2.59. The highest BCUT2D eigenvalue weighted by molar-refractivity contribution is 7.92. The van der Waals surface area contributed by atoms with Crippen LogP contribution in [0.25, 0.3) is 0 Å². The fourth-order valence-electron chi connectivity index (χ4n) is 4.39. The second-order valence-corrected chi connectivity index (χ2v) is 11.6. The molecule has 1 atom stereocenters. The standard InChI is InChI=1S/C31H39N3O6S/c1-6-29(31(36)32-23(3)4)33(21-24-12-11-13-27(20-24)39-5)30(35)22-34(25-16-18-26(19-17-25)40-7-2)41(37,38)28-14-9-8-10-15-28/h8-20,23,29H,6-7,21-22H2,1-5H3,(H,32,36). The van der Waals surface area contributed by atoms with Gasteiger partial charge in [0.2, 0.25) is 11.8 Å². The van der Waals surface area contributed by atoms with Crippen molar-refractivity contribution < 1.29 is 27.5 Å². The first-order valence-electron chi connectivity index (χ1n) is 13.6. The van der Waals surface area contributed by atoms with Crippen LogP contribution in [0.4, 0.5) is 5.69 Å². The van der Waals surface area contributed by atoms with Crippen molar-refractivity contribution in [2.24, 2.45) is 0 Å². The number of nitrogens with zero attached hydrogens (tertiary/aromatic N) is 2. The number of sulfonamides is 1. The average molecular weight is 582 g/mol. The fraction of sp³-hybridized carbons (Fsp3) is 0.355. The number of carbonyl (C=O) groups excluding carboxylic acids is 2. The third-order valence-corrected chi connectivity index (χ3v) is 8.14. The van der Waals surface area contributed by atoms with Gasteiger partial charge in [0.25, 0.3) is 10.0 Å². The van der Waals surface area contributed by atoms with Crippen LogP contribution in [0.15, 0.2) is 83.8 Å². The lowest BCUT2D eigenvalue weighted by Gasteiger charge is -2.33. The van der Waals surface area contributed by atoms with Crippen molar-refractivity contribution in [1.82, 2.24) is 10.2 Å². The number of ether oxygens (including phenoxy) is 2. The summed E-state index contributed by atoms with van der Waals surface area (Å²) in [5.74, 6) is 0.359. The highest BCUT2D eigenvalue weighted by Crippen LogP contribution is 2.27. The van der Waals surface area contributed by atoms with E-state index < -0.39 is 28.5 Å². The molecule has 0 aliphatic carbocycles. The van der Waals surface area contributed by atoms with E-state index in [2.05, 4.69) is 5.32 Å². The van der Waals surface area contributed by atoms with Crippen molar-refractivity contribution in [3.63, 3.8) is 0 Å². The number of anilines is 1. The second-order valence-electron chi connectivity index (χ2n) is 9.71. The minimum absolute atomic E-state index is 0.0469. The van der Waals surface area contributed by atoms with Gasteiger partial charge in [-0.2, -0.15) is 0 Å². The van der Waals surface area contributed by atoms with Gasteiger partial charge in [-0.1, -0.05) is 37.3 Å². The van der Waals surface area contributed by atoms with E-state index >= 15 is 0 Å². The maximum Gasteiger partial charge on any atom is 0.264 e. The van der Waals surface area contributed by atoms with Gasteiger partial charge in [-0.25, -0.2) is 8.42 Å². The molecule has 0 saturated carbocycles. The van der Waals surface area contributed by atoms with Gasteiger partial charge >= 0.3 is 0 Å². The molecule has 0 saturated heterocycles. The molecule has 0 aliphatic heterocycles. The summed E-state index contributed by atoms with van der Waals surface area (Å²) < 4.78 is 39.7. The Morgan fingerprint density at radius 1 is 0.902 bits per heavy atom. The van der Waals surface area contributed by atoms with Crippen molar-refractivity contribution >= 4 is 27.5 Å². The Balaban J connectivity index is 2.06. The maximum atomic E-state index is 14.1. The Morgan fingerprint density at radius 2 is 1.59 bits per heavy atom. The summed E-state index contributed by atoms with van der Waals surface area (Å²) in [6.07, 6.45) is 0.336. The molecule has 41 heavy (non-hydrogen) atoms. The molecule has 1 N–H and O–H groups in total. The average Bonchev–Trinajstić information content (AvgIpc) is 2.96. The van der Waals surface area contributed by atoms with Crippen molar-refractivity contribution in [1.29, 1.82) is 0 Å². The lowest BCUT2D eigenvalue weighted by Crippen LogP contribution is -2.53. The maximum absolute atomic E-state index is 14.1. The molecule has 3 aromatic carbocycles. The van der Waals surface area contributed by atoms with E-state index in [4.69, 9.17) is 9.47 Å². The summed E-state index contributed by atoms with van der Waals surface area (Å²) in [4.78, 5) is 28.8. The van der Waals surface area contributed by atoms with E-state index in [9.17, 15) is 18.0 Å². The van der Waals surface area contributed by atoms with E-state index in [1.165, 1.54) is 17.0 Å². The van der Waals surface area contributed by atoms with Gasteiger partial charge in [-0.3, -0.25) is 13.9 Å². The zero-order valence-electron chi connectivity index (χ0n) is 24.2. The van der Waals surface area contributed by atoms with Crippen molar-refractivity contribution in [2.45, 2.75) is 57.6 Å². The molecule has 220 valence electrons. The lowest BCUT2D eigenvalue weighted by molar-refractivity contribution is -0.140. The highest BCUT2D eigenvalue weighted by Gasteiger charge is 2.33. The van der Waals surface area contributed by atoms with Crippen LogP contribution >= 0.6 is 0 Å². The van der Waals surface area contributed by atoms with Crippen LogP contribution < -0.4 is 19.1 Å². The summed E-state index contributed by atoms with van der Waals surface area (Å²) >= 11 is 0. The van der Waals surface area contributed by atoms with Crippen LogP contribution in [0.2, 0.25) is 0 Å². The number of rotatable bonds is 14. The third kappa shape index (κ3) is 8.23. The van der Waals surface area contributed by atoms with Crippen LogP contribution in [0.3, 0.4) is 0 Å². The molecular formula is C31H39N3O6S. The van der Waals surface area contributed by atoms with Crippen LogP contribution in [-0.4, -0.2) is 57.5 Å². The fourth-order valence-corrected chi connectivity index (χ4v) is 5.83. The quantitative estimate of drug-likeness (QED) is 0.298. The zero-order chi connectivity index (χ0) is 30.0.